The molecular formula is C10H18N2OS. The van der Waals surface area contributed by atoms with Gasteiger partial charge in [-0.05, 0) is 27.7 Å². The van der Waals surface area contributed by atoms with Crippen molar-refractivity contribution in [2.45, 2.75) is 39.8 Å². The normalized spacial score (nSPS) is 12.1. The summed E-state index contributed by atoms with van der Waals surface area (Å²) in [6, 6.07) is 0. The van der Waals surface area contributed by atoms with Gasteiger partial charge in [0.05, 0.1) is 17.3 Å². The fourth-order valence-corrected chi connectivity index (χ4v) is 1.99. The van der Waals surface area contributed by atoms with E-state index in [9.17, 15) is 0 Å². The molecule has 0 fully saturated rings. The van der Waals surface area contributed by atoms with E-state index in [0.29, 0.717) is 0 Å². The Kier molecular flexibility index (Phi) is 3.64. The summed E-state index contributed by atoms with van der Waals surface area (Å²) >= 11 is 1.71. The Hall–Kier alpha value is -0.450. The molecule has 0 saturated heterocycles. The second-order valence-electron chi connectivity index (χ2n) is 4.14. The Labute approximate surface area is 89.2 Å². The van der Waals surface area contributed by atoms with Gasteiger partial charge in [-0.15, -0.1) is 11.3 Å². The maximum absolute atomic E-state index is 9.07. The van der Waals surface area contributed by atoms with E-state index in [4.69, 9.17) is 5.11 Å². The summed E-state index contributed by atoms with van der Waals surface area (Å²) < 4.78 is 0. The van der Waals surface area contributed by atoms with Crippen molar-refractivity contribution in [2.75, 3.05) is 6.61 Å². The first-order valence-electron chi connectivity index (χ1n) is 4.73. The maximum atomic E-state index is 9.07. The lowest BCUT2D eigenvalue weighted by Gasteiger charge is -2.23. The SMILES string of the molecule is Cc1nc(C)c(CNC(C)(C)CO)s1. The summed E-state index contributed by atoms with van der Waals surface area (Å²) in [5, 5.41) is 13.5. The molecule has 1 aromatic heterocycles. The van der Waals surface area contributed by atoms with Gasteiger partial charge in [0.15, 0.2) is 0 Å². The van der Waals surface area contributed by atoms with Gasteiger partial charge in [0.2, 0.25) is 0 Å². The number of nitrogens with zero attached hydrogens (tertiary/aromatic N) is 1. The molecule has 0 unspecified atom stereocenters. The zero-order valence-corrected chi connectivity index (χ0v) is 10.0. The molecule has 1 aromatic rings. The van der Waals surface area contributed by atoms with Crippen molar-refractivity contribution >= 4 is 11.3 Å². The number of aromatic nitrogens is 1. The Morgan fingerprint density at radius 1 is 1.43 bits per heavy atom. The van der Waals surface area contributed by atoms with Crippen molar-refractivity contribution in [2.24, 2.45) is 0 Å². The Morgan fingerprint density at radius 2 is 2.07 bits per heavy atom. The Bertz CT molecular complexity index is 307. The van der Waals surface area contributed by atoms with E-state index < -0.39 is 0 Å². The van der Waals surface area contributed by atoms with Crippen LogP contribution < -0.4 is 5.32 Å². The van der Waals surface area contributed by atoms with Crippen molar-refractivity contribution in [3.8, 4) is 0 Å². The van der Waals surface area contributed by atoms with E-state index in [1.807, 2.05) is 27.7 Å². The number of hydrogen-bond donors (Lipinski definition) is 2. The molecule has 0 spiro atoms. The van der Waals surface area contributed by atoms with Crippen molar-refractivity contribution in [3.63, 3.8) is 0 Å². The van der Waals surface area contributed by atoms with Crippen molar-refractivity contribution in [1.29, 1.82) is 0 Å². The number of aliphatic hydroxyl groups is 1. The van der Waals surface area contributed by atoms with Crippen LogP contribution in [0, 0.1) is 13.8 Å². The lowest BCUT2D eigenvalue weighted by atomic mass is 10.1. The van der Waals surface area contributed by atoms with Crippen LogP contribution in [0.15, 0.2) is 0 Å². The highest BCUT2D eigenvalue weighted by atomic mass is 32.1. The largest absolute Gasteiger partial charge is 0.394 e. The van der Waals surface area contributed by atoms with E-state index in [0.717, 1.165) is 17.2 Å². The molecule has 1 rings (SSSR count). The minimum Gasteiger partial charge on any atom is -0.394 e. The minimum absolute atomic E-state index is 0.143. The van der Waals surface area contributed by atoms with Gasteiger partial charge < -0.3 is 10.4 Å². The zero-order chi connectivity index (χ0) is 10.8. The molecule has 0 aliphatic rings. The Morgan fingerprint density at radius 3 is 2.50 bits per heavy atom. The summed E-state index contributed by atoms with van der Waals surface area (Å²) in [5.74, 6) is 0. The van der Waals surface area contributed by atoms with Crippen LogP contribution in [0.2, 0.25) is 0 Å². The van der Waals surface area contributed by atoms with Gasteiger partial charge in [-0.2, -0.15) is 0 Å². The van der Waals surface area contributed by atoms with Crippen LogP contribution in [-0.4, -0.2) is 22.2 Å². The van der Waals surface area contributed by atoms with Gasteiger partial charge in [-0.25, -0.2) is 4.98 Å². The smallest absolute Gasteiger partial charge is 0.0900 e. The molecule has 80 valence electrons. The molecule has 2 N–H and O–H groups in total. The number of rotatable bonds is 4. The average molecular weight is 214 g/mol. The summed E-state index contributed by atoms with van der Waals surface area (Å²) in [4.78, 5) is 5.61. The van der Waals surface area contributed by atoms with Crippen molar-refractivity contribution < 1.29 is 5.11 Å². The zero-order valence-electron chi connectivity index (χ0n) is 9.22. The molecule has 14 heavy (non-hydrogen) atoms. The van der Waals surface area contributed by atoms with Gasteiger partial charge >= 0.3 is 0 Å². The highest BCUT2D eigenvalue weighted by Gasteiger charge is 2.16. The fraction of sp³-hybridized carbons (Fsp3) is 0.700. The predicted molar refractivity (Wildman–Crippen MR) is 59.6 cm³/mol. The molecular weight excluding hydrogens is 196 g/mol. The van der Waals surface area contributed by atoms with Crippen LogP contribution in [0.1, 0.15) is 29.4 Å². The number of aliphatic hydroxyl groups excluding tert-OH is 1. The van der Waals surface area contributed by atoms with Gasteiger partial charge in [0, 0.05) is 17.0 Å². The molecule has 0 saturated carbocycles. The molecule has 3 nitrogen and oxygen atoms in total. The second-order valence-corrected chi connectivity index (χ2v) is 5.42. The molecule has 0 radical (unpaired) electrons. The molecule has 0 aromatic carbocycles. The van der Waals surface area contributed by atoms with Crippen LogP contribution in [-0.2, 0) is 6.54 Å². The molecule has 0 aliphatic heterocycles. The molecule has 4 heteroatoms. The van der Waals surface area contributed by atoms with Crippen molar-refractivity contribution in [3.05, 3.63) is 15.6 Å². The third-order valence-corrected chi connectivity index (χ3v) is 3.20. The number of thiazole rings is 1. The van der Waals surface area contributed by atoms with Crippen molar-refractivity contribution in [1.82, 2.24) is 10.3 Å². The van der Waals surface area contributed by atoms with E-state index in [1.54, 1.807) is 11.3 Å². The van der Waals surface area contributed by atoms with Crippen LogP contribution in [0.3, 0.4) is 0 Å². The van der Waals surface area contributed by atoms with Crippen LogP contribution in [0.25, 0.3) is 0 Å². The minimum atomic E-state index is -0.218. The number of aryl methyl sites for hydroxylation is 2. The number of nitrogens with one attached hydrogen (secondary N) is 1. The summed E-state index contributed by atoms with van der Waals surface area (Å²) in [7, 11) is 0. The van der Waals surface area contributed by atoms with Gasteiger partial charge in [-0.3, -0.25) is 0 Å². The lowest BCUT2D eigenvalue weighted by Crippen LogP contribution is -2.42. The monoisotopic (exact) mass is 214 g/mol. The van der Waals surface area contributed by atoms with E-state index >= 15 is 0 Å². The lowest BCUT2D eigenvalue weighted by molar-refractivity contribution is 0.187. The Balaban J connectivity index is 2.58. The van der Waals surface area contributed by atoms with Gasteiger partial charge in [0.25, 0.3) is 0 Å². The first kappa shape index (κ1) is 11.6. The quantitative estimate of drug-likeness (QED) is 0.800. The maximum Gasteiger partial charge on any atom is 0.0900 e. The first-order chi connectivity index (χ1) is 6.44. The highest BCUT2D eigenvalue weighted by molar-refractivity contribution is 7.11. The number of hydrogen-bond acceptors (Lipinski definition) is 4. The first-order valence-corrected chi connectivity index (χ1v) is 5.55. The van der Waals surface area contributed by atoms with E-state index in [2.05, 4.69) is 10.3 Å². The standard InChI is InChI=1S/C10H18N2OS/c1-7-9(14-8(2)12-7)5-11-10(3,4)6-13/h11,13H,5-6H2,1-4H3. The molecule has 0 amide bonds. The summed E-state index contributed by atoms with van der Waals surface area (Å²) in [6.45, 7) is 8.92. The average Bonchev–Trinajstić information content (AvgIpc) is 2.42. The second kappa shape index (κ2) is 4.38. The van der Waals surface area contributed by atoms with E-state index in [1.165, 1.54) is 4.88 Å². The molecule has 0 bridgehead atoms. The predicted octanol–water partition coefficient (Wildman–Crippen LogP) is 1.62. The van der Waals surface area contributed by atoms with Gasteiger partial charge in [-0.1, -0.05) is 0 Å². The fourth-order valence-electron chi connectivity index (χ4n) is 1.11. The highest BCUT2D eigenvalue weighted by Crippen LogP contribution is 2.17. The third kappa shape index (κ3) is 3.04. The molecule has 1 heterocycles. The summed E-state index contributed by atoms with van der Waals surface area (Å²) in [5.41, 5.74) is 0.874. The molecule has 0 atom stereocenters. The van der Waals surface area contributed by atoms with Crippen LogP contribution in [0.5, 0.6) is 0 Å². The topological polar surface area (TPSA) is 45.2 Å². The summed E-state index contributed by atoms with van der Waals surface area (Å²) in [6.07, 6.45) is 0. The van der Waals surface area contributed by atoms with Crippen LogP contribution in [0.4, 0.5) is 0 Å². The van der Waals surface area contributed by atoms with E-state index in [-0.39, 0.29) is 12.1 Å². The van der Waals surface area contributed by atoms with Crippen LogP contribution >= 0.6 is 11.3 Å². The van der Waals surface area contributed by atoms with Gasteiger partial charge in [0.1, 0.15) is 0 Å². The third-order valence-electron chi connectivity index (χ3n) is 2.12. The molecule has 0 aliphatic carbocycles.